The molecule has 1 aromatic carbocycles. The van der Waals surface area contributed by atoms with Gasteiger partial charge in [-0.1, -0.05) is 12.1 Å². The van der Waals surface area contributed by atoms with Crippen molar-refractivity contribution in [3.63, 3.8) is 0 Å². The van der Waals surface area contributed by atoms with Gasteiger partial charge in [0.15, 0.2) is 0 Å². The molecule has 1 aliphatic heterocycles. The SMILES string of the molecule is OC(CC1c2c(F)cccc2-c2cncn21)C12CC3CC(C1)C(Nc1nc4cccnc4o1)C(C3)C2. The van der Waals surface area contributed by atoms with Crippen LogP contribution in [0.4, 0.5) is 10.4 Å². The van der Waals surface area contributed by atoms with Crippen LogP contribution in [-0.2, 0) is 0 Å². The third-order valence-electron chi connectivity index (χ3n) is 9.59. The Balaban J connectivity index is 1.06. The van der Waals surface area contributed by atoms with Crippen molar-refractivity contribution < 1.29 is 13.9 Å². The number of hydrogen-bond donors (Lipinski definition) is 2. The number of pyridine rings is 1. The van der Waals surface area contributed by atoms with Crippen LogP contribution in [0.25, 0.3) is 22.5 Å². The normalized spacial score (nSPS) is 32.6. The molecule has 0 spiro atoms. The number of oxazole rings is 1. The molecule has 2 N–H and O–H groups in total. The van der Waals surface area contributed by atoms with E-state index in [1.165, 1.54) is 18.9 Å². The molecule has 4 aromatic rings. The second-order valence-corrected chi connectivity index (χ2v) is 11.5. The molecule has 4 saturated carbocycles. The van der Waals surface area contributed by atoms with E-state index in [4.69, 9.17) is 4.42 Å². The monoisotopic (exact) mass is 485 g/mol. The van der Waals surface area contributed by atoms with Crippen molar-refractivity contribution in [1.29, 1.82) is 0 Å². The summed E-state index contributed by atoms with van der Waals surface area (Å²) in [6, 6.07) is 9.63. The molecule has 36 heavy (non-hydrogen) atoms. The number of aliphatic hydroxyl groups excluding tert-OH is 1. The van der Waals surface area contributed by atoms with Gasteiger partial charge in [0.05, 0.1) is 30.4 Å². The molecule has 4 atom stereocenters. The Morgan fingerprint density at radius 1 is 1.17 bits per heavy atom. The molecule has 8 heteroatoms. The van der Waals surface area contributed by atoms with Gasteiger partial charge >= 0.3 is 0 Å². The van der Waals surface area contributed by atoms with E-state index in [1.54, 1.807) is 24.8 Å². The number of aromatic nitrogens is 4. The molecular weight excluding hydrogens is 457 g/mol. The highest BCUT2D eigenvalue weighted by atomic mass is 19.1. The van der Waals surface area contributed by atoms with Crippen LogP contribution in [0.5, 0.6) is 0 Å². The van der Waals surface area contributed by atoms with E-state index in [1.807, 2.05) is 22.8 Å². The van der Waals surface area contributed by atoms with Crippen LogP contribution in [0.3, 0.4) is 0 Å². The van der Waals surface area contributed by atoms with Crippen LogP contribution in [0.15, 0.2) is 53.5 Å². The Bertz CT molecular complexity index is 1430. The molecule has 0 amide bonds. The van der Waals surface area contributed by atoms with Crippen molar-refractivity contribution in [1.82, 2.24) is 19.5 Å². The largest absolute Gasteiger partial charge is 0.404 e. The number of nitrogens with zero attached hydrogens (tertiary/aromatic N) is 4. The number of benzene rings is 1. The van der Waals surface area contributed by atoms with Gasteiger partial charge in [-0.25, -0.2) is 14.4 Å². The highest BCUT2D eigenvalue weighted by Gasteiger charge is 2.58. The lowest BCUT2D eigenvalue weighted by molar-refractivity contribution is -0.129. The van der Waals surface area contributed by atoms with Crippen LogP contribution in [-0.4, -0.2) is 36.8 Å². The third kappa shape index (κ3) is 2.91. The summed E-state index contributed by atoms with van der Waals surface area (Å²) in [5.74, 6) is 1.36. The molecule has 4 bridgehead atoms. The van der Waals surface area contributed by atoms with Crippen molar-refractivity contribution in [2.24, 2.45) is 23.2 Å². The van der Waals surface area contributed by atoms with E-state index in [0.29, 0.717) is 47.5 Å². The fourth-order valence-corrected chi connectivity index (χ4v) is 8.40. The van der Waals surface area contributed by atoms with E-state index < -0.39 is 6.10 Å². The molecule has 184 valence electrons. The number of fused-ring (bicyclic) bond motifs is 4. The molecular formula is C28H28FN5O2. The number of halogens is 1. The van der Waals surface area contributed by atoms with E-state index in [2.05, 4.69) is 20.3 Å². The van der Waals surface area contributed by atoms with Gasteiger partial charge in [-0.2, -0.15) is 4.98 Å². The number of anilines is 1. The summed E-state index contributed by atoms with van der Waals surface area (Å²) < 4.78 is 22.9. The molecule has 4 aliphatic carbocycles. The molecule has 4 unspecified atom stereocenters. The maximum Gasteiger partial charge on any atom is 0.297 e. The lowest BCUT2D eigenvalue weighted by atomic mass is 9.46. The lowest BCUT2D eigenvalue weighted by Gasteiger charge is -2.61. The highest BCUT2D eigenvalue weighted by molar-refractivity contribution is 5.70. The number of nitrogens with one attached hydrogen (secondary N) is 1. The van der Waals surface area contributed by atoms with E-state index in [0.717, 1.165) is 36.0 Å². The predicted molar refractivity (Wildman–Crippen MR) is 132 cm³/mol. The lowest BCUT2D eigenvalue weighted by Crippen LogP contribution is -2.59. The zero-order chi connectivity index (χ0) is 24.0. The van der Waals surface area contributed by atoms with Crippen molar-refractivity contribution in [2.45, 2.75) is 56.7 Å². The Morgan fingerprint density at radius 3 is 2.86 bits per heavy atom. The predicted octanol–water partition coefficient (Wildman–Crippen LogP) is 5.19. The molecule has 7 nitrogen and oxygen atoms in total. The van der Waals surface area contributed by atoms with Gasteiger partial charge < -0.3 is 19.4 Å². The van der Waals surface area contributed by atoms with Gasteiger partial charge in [0.2, 0.25) is 5.71 Å². The number of rotatable bonds is 5. The quantitative estimate of drug-likeness (QED) is 0.405. The molecule has 9 rings (SSSR count). The zero-order valence-corrected chi connectivity index (χ0v) is 19.8. The first-order chi connectivity index (χ1) is 17.6. The smallest absolute Gasteiger partial charge is 0.297 e. The molecule has 0 saturated heterocycles. The Hall–Kier alpha value is -3.26. The first-order valence-electron chi connectivity index (χ1n) is 13.0. The number of imidazole rings is 1. The molecule has 4 fully saturated rings. The summed E-state index contributed by atoms with van der Waals surface area (Å²) in [6.45, 7) is 0. The summed E-state index contributed by atoms with van der Waals surface area (Å²) in [4.78, 5) is 13.2. The number of hydrogen-bond acceptors (Lipinski definition) is 6. The van der Waals surface area contributed by atoms with Crippen molar-refractivity contribution in [2.75, 3.05) is 5.32 Å². The molecule has 4 heterocycles. The van der Waals surface area contributed by atoms with Gasteiger partial charge in [-0.05, 0) is 79.9 Å². The summed E-state index contributed by atoms with van der Waals surface area (Å²) in [5.41, 5.74) is 3.73. The van der Waals surface area contributed by atoms with Gasteiger partial charge in [0, 0.05) is 23.4 Å². The maximum absolute atomic E-state index is 15.0. The Morgan fingerprint density at radius 2 is 2.03 bits per heavy atom. The zero-order valence-electron chi connectivity index (χ0n) is 19.8. The minimum absolute atomic E-state index is 0.119. The van der Waals surface area contributed by atoms with Crippen LogP contribution < -0.4 is 5.32 Å². The van der Waals surface area contributed by atoms with E-state index in [9.17, 15) is 9.50 Å². The minimum atomic E-state index is -0.495. The summed E-state index contributed by atoms with van der Waals surface area (Å²) in [7, 11) is 0. The third-order valence-corrected chi connectivity index (χ3v) is 9.59. The minimum Gasteiger partial charge on any atom is -0.404 e. The van der Waals surface area contributed by atoms with Crippen LogP contribution in [0.2, 0.25) is 0 Å². The van der Waals surface area contributed by atoms with E-state index in [-0.39, 0.29) is 17.3 Å². The van der Waals surface area contributed by atoms with Crippen molar-refractivity contribution in [3.05, 3.63) is 60.4 Å². The first-order valence-corrected chi connectivity index (χ1v) is 13.0. The highest BCUT2D eigenvalue weighted by Crippen LogP contribution is 2.63. The summed E-state index contributed by atoms with van der Waals surface area (Å²) >= 11 is 0. The van der Waals surface area contributed by atoms with Crippen LogP contribution in [0.1, 0.15) is 50.1 Å². The average Bonchev–Trinajstić information content (AvgIpc) is 3.57. The van der Waals surface area contributed by atoms with Crippen molar-refractivity contribution >= 4 is 17.2 Å². The van der Waals surface area contributed by atoms with Gasteiger partial charge in [-0.15, -0.1) is 0 Å². The van der Waals surface area contributed by atoms with Gasteiger partial charge in [0.1, 0.15) is 11.3 Å². The standard InChI is InChI=1S/C28H28FN5O2/c29-19-4-1-3-18-22-13-30-14-34(22)21(24(18)19)9-23(35)28-10-15-7-16(11-28)25(17(8-15)12-28)33-27-32-20-5-2-6-31-26(20)36-27/h1-6,13-17,21,23,25,35H,7-12H2,(H,32,33). The summed E-state index contributed by atoms with van der Waals surface area (Å²) in [6.07, 6.45) is 10.7. The van der Waals surface area contributed by atoms with Gasteiger partial charge in [-0.3, -0.25) is 0 Å². The number of aliphatic hydroxyl groups is 1. The summed E-state index contributed by atoms with van der Waals surface area (Å²) in [5, 5.41) is 15.4. The first kappa shape index (κ1) is 20.9. The fraction of sp³-hybridized carbons (Fsp3) is 0.464. The van der Waals surface area contributed by atoms with Crippen LogP contribution >= 0.6 is 0 Å². The molecule has 3 aromatic heterocycles. The second kappa shape index (κ2) is 7.38. The van der Waals surface area contributed by atoms with Crippen molar-refractivity contribution in [3.8, 4) is 11.3 Å². The molecule has 0 radical (unpaired) electrons. The second-order valence-electron chi connectivity index (χ2n) is 11.5. The topological polar surface area (TPSA) is 89.0 Å². The Labute approximate surface area is 207 Å². The Kier molecular flexibility index (Phi) is 4.28. The van der Waals surface area contributed by atoms with E-state index >= 15 is 0 Å². The molecule has 5 aliphatic rings. The van der Waals surface area contributed by atoms with Gasteiger partial charge in [0.25, 0.3) is 6.01 Å². The van der Waals surface area contributed by atoms with Crippen LogP contribution in [0, 0.1) is 29.0 Å². The fourth-order valence-electron chi connectivity index (χ4n) is 8.40. The average molecular weight is 486 g/mol. The maximum atomic E-state index is 15.0.